The van der Waals surface area contributed by atoms with Crippen LogP contribution in [0, 0.1) is 10.8 Å². The van der Waals surface area contributed by atoms with Crippen molar-refractivity contribution in [1.82, 2.24) is 9.78 Å². The van der Waals surface area contributed by atoms with Crippen LogP contribution in [0.5, 0.6) is 0 Å². The molecule has 0 aliphatic carbocycles. The van der Waals surface area contributed by atoms with E-state index in [1.807, 2.05) is 0 Å². The topological polar surface area (TPSA) is 69.5 Å². The number of likely N-dealkylation sites (tertiary alicyclic amines) is 1. The lowest BCUT2D eigenvalue weighted by molar-refractivity contribution is -0.929. The number of nitrogens with one attached hydrogen (secondary N) is 1. The minimum Gasteiger partial charge on any atom is -0.413 e. The fourth-order valence-electron chi connectivity index (χ4n) is 3.12. The number of hydrogen-bond acceptors (Lipinski definition) is 5. The molecule has 2 aliphatic heterocycles. The first-order valence-electron chi connectivity index (χ1n) is 7.55. The Labute approximate surface area is 130 Å². The minimum absolute atomic E-state index is 0.130. The number of hydrogen-bond donors (Lipinski definition) is 1. The van der Waals surface area contributed by atoms with E-state index >= 15 is 0 Å². The van der Waals surface area contributed by atoms with E-state index in [2.05, 4.69) is 12.0 Å². The van der Waals surface area contributed by atoms with Crippen LogP contribution in [-0.2, 0) is 16.5 Å². The van der Waals surface area contributed by atoms with Crippen molar-refractivity contribution in [3.8, 4) is 0 Å². The Bertz CT molecular complexity index is 656. The average molecular weight is 332 g/mol. The summed E-state index contributed by atoms with van der Waals surface area (Å²) in [4.78, 5) is 1.82. The Morgan fingerprint density at radius 2 is 2.10 bits per heavy atom. The molecular weight excluding hydrogens is 310 g/mol. The molecule has 1 N–H and O–H groups in total. The number of rotatable bonds is 3. The zero-order valence-electron chi connectivity index (χ0n) is 12.2. The lowest BCUT2D eigenvalue weighted by Gasteiger charge is -2.26. The molecule has 8 heteroatoms. The van der Waals surface area contributed by atoms with Gasteiger partial charge in [0.25, 0.3) is 4.84 Å². The van der Waals surface area contributed by atoms with Gasteiger partial charge >= 0.3 is 0 Å². The average Bonchev–Trinajstić information content (AvgIpc) is 2.96. The smallest absolute Gasteiger partial charge is 0.291 e. The van der Waals surface area contributed by atoms with Crippen molar-refractivity contribution >= 4 is 22.1 Å². The van der Waals surface area contributed by atoms with Crippen LogP contribution >= 0.6 is 12.2 Å². The molecule has 1 atom stereocenters. The van der Waals surface area contributed by atoms with Gasteiger partial charge in [-0.15, -0.1) is 5.10 Å². The second kappa shape index (κ2) is 5.81. The zero-order valence-corrected chi connectivity index (χ0v) is 13.9. The van der Waals surface area contributed by atoms with E-state index in [0.717, 1.165) is 19.0 Å². The van der Waals surface area contributed by atoms with E-state index in [0.29, 0.717) is 23.8 Å². The molecule has 1 aromatic rings. The van der Waals surface area contributed by atoms with E-state index in [9.17, 15) is 8.42 Å². The molecular formula is C13H22N3O3S2+. The summed E-state index contributed by atoms with van der Waals surface area (Å²) in [5.41, 5.74) is 0. The van der Waals surface area contributed by atoms with Gasteiger partial charge in [0.2, 0.25) is 5.89 Å². The van der Waals surface area contributed by atoms with E-state index in [-0.39, 0.29) is 17.4 Å². The van der Waals surface area contributed by atoms with Gasteiger partial charge in [-0.2, -0.15) is 4.68 Å². The maximum absolute atomic E-state index is 11.5. The molecule has 0 bridgehead atoms. The third-order valence-electron chi connectivity index (χ3n) is 4.56. The maximum Gasteiger partial charge on any atom is 0.291 e. The van der Waals surface area contributed by atoms with Gasteiger partial charge in [0, 0.05) is 0 Å². The fourth-order valence-corrected chi connectivity index (χ4v) is 5.04. The molecule has 21 heavy (non-hydrogen) atoms. The van der Waals surface area contributed by atoms with Gasteiger partial charge in [-0.05, 0) is 37.4 Å². The Balaban J connectivity index is 1.69. The lowest BCUT2D eigenvalue weighted by Crippen LogP contribution is -3.12. The molecule has 0 spiro atoms. The predicted molar refractivity (Wildman–Crippen MR) is 80.4 cm³/mol. The summed E-state index contributed by atoms with van der Waals surface area (Å²) in [6.07, 6.45) is 3.05. The van der Waals surface area contributed by atoms with Crippen LogP contribution in [0.3, 0.4) is 0 Å². The first-order chi connectivity index (χ1) is 9.93. The monoisotopic (exact) mass is 332 g/mol. The highest BCUT2D eigenvalue weighted by Gasteiger charge is 2.33. The molecule has 3 heterocycles. The van der Waals surface area contributed by atoms with Gasteiger partial charge in [0.1, 0.15) is 0 Å². The molecule has 0 radical (unpaired) electrons. The van der Waals surface area contributed by atoms with Crippen LogP contribution in [0.2, 0.25) is 0 Å². The first-order valence-corrected chi connectivity index (χ1v) is 9.78. The van der Waals surface area contributed by atoms with Gasteiger partial charge in [-0.3, -0.25) is 0 Å². The summed E-state index contributed by atoms with van der Waals surface area (Å²) in [5, 5.41) is 4.43. The molecule has 3 rings (SSSR count). The molecule has 2 saturated heterocycles. The molecule has 2 aliphatic rings. The predicted octanol–water partition coefficient (Wildman–Crippen LogP) is 0.380. The summed E-state index contributed by atoms with van der Waals surface area (Å²) >= 11 is 5.23. The van der Waals surface area contributed by atoms with Crippen molar-refractivity contribution in [3.05, 3.63) is 10.7 Å². The molecule has 2 fully saturated rings. The Kier molecular flexibility index (Phi) is 4.20. The van der Waals surface area contributed by atoms with E-state index in [1.165, 1.54) is 17.7 Å². The quantitative estimate of drug-likeness (QED) is 0.811. The van der Waals surface area contributed by atoms with Crippen LogP contribution in [0.4, 0.5) is 0 Å². The number of piperidine rings is 1. The third kappa shape index (κ3) is 3.54. The highest BCUT2D eigenvalue weighted by atomic mass is 32.2. The summed E-state index contributed by atoms with van der Waals surface area (Å²) in [6.45, 7) is 5.26. The Hall–Kier alpha value is -0.730. The molecule has 1 aromatic heterocycles. The normalized spacial score (nSPS) is 32.3. The fraction of sp³-hybridized carbons (Fsp3) is 0.846. The van der Waals surface area contributed by atoms with E-state index < -0.39 is 9.84 Å². The van der Waals surface area contributed by atoms with E-state index in [1.54, 1.807) is 4.68 Å². The second-order valence-electron chi connectivity index (χ2n) is 6.40. The van der Waals surface area contributed by atoms with Crippen molar-refractivity contribution in [1.29, 1.82) is 0 Å². The Morgan fingerprint density at radius 3 is 2.71 bits per heavy atom. The van der Waals surface area contributed by atoms with E-state index in [4.69, 9.17) is 16.6 Å². The second-order valence-corrected chi connectivity index (χ2v) is 8.97. The summed E-state index contributed by atoms with van der Waals surface area (Å²) in [6, 6.07) is 0. The molecule has 6 nitrogen and oxygen atoms in total. The van der Waals surface area contributed by atoms with Crippen LogP contribution < -0.4 is 4.90 Å². The summed E-state index contributed by atoms with van der Waals surface area (Å²) in [7, 11) is -2.93. The van der Waals surface area contributed by atoms with Crippen molar-refractivity contribution < 1.29 is 17.7 Å². The van der Waals surface area contributed by atoms with Crippen LogP contribution in [0.15, 0.2) is 4.42 Å². The van der Waals surface area contributed by atoms with Crippen LogP contribution in [0.25, 0.3) is 0 Å². The van der Waals surface area contributed by atoms with Gasteiger partial charge < -0.3 is 9.32 Å². The van der Waals surface area contributed by atoms with Crippen molar-refractivity contribution in [2.45, 2.75) is 38.8 Å². The van der Waals surface area contributed by atoms with Crippen molar-refractivity contribution in [3.63, 3.8) is 0 Å². The molecule has 0 aromatic carbocycles. The summed E-state index contributed by atoms with van der Waals surface area (Å²) in [5.74, 6) is 1.52. The van der Waals surface area contributed by atoms with Gasteiger partial charge in [-0.1, -0.05) is 6.92 Å². The van der Waals surface area contributed by atoms with Crippen LogP contribution in [0.1, 0.15) is 38.0 Å². The van der Waals surface area contributed by atoms with Gasteiger partial charge in [-0.25, -0.2) is 8.42 Å². The summed E-state index contributed by atoms with van der Waals surface area (Å²) < 4.78 is 30.4. The van der Waals surface area contributed by atoms with Crippen molar-refractivity contribution in [2.75, 3.05) is 24.6 Å². The molecule has 0 amide bonds. The molecule has 0 unspecified atom stereocenters. The number of aromatic nitrogens is 2. The van der Waals surface area contributed by atoms with Crippen LogP contribution in [-0.4, -0.2) is 42.8 Å². The highest BCUT2D eigenvalue weighted by molar-refractivity contribution is 7.91. The first kappa shape index (κ1) is 15.2. The minimum atomic E-state index is -2.93. The lowest BCUT2D eigenvalue weighted by atomic mass is 10.00. The highest BCUT2D eigenvalue weighted by Crippen LogP contribution is 2.27. The maximum atomic E-state index is 11.5. The van der Waals surface area contributed by atoms with Crippen molar-refractivity contribution in [2.24, 2.45) is 5.92 Å². The SMILES string of the molecule is CC1CC[NH+](Cn2nc([C@@H]3CCS(=O)(=O)C3)oc2=S)CC1. The van der Waals surface area contributed by atoms with Gasteiger partial charge in [0.05, 0.1) is 30.5 Å². The van der Waals surface area contributed by atoms with Gasteiger partial charge in [0.15, 0.2) is 16.5 Å². The third-order valence-corrected chi connectivity index (χ3v) is 6.62. The largest absolute Gasteiger partial charge is 0.413 e. The number of nitrogens with zero attached hydrogens (tertiary/aromatic N) is 2. The molecule has 0 saturated carbocycles. The zero-order chi connectivity index (χ0) is 15.0. The standard InChI is InChI=1S/C13H21N3O3S2/c1-10-2-5-15(6-3-10)9-16-13(20)19-12(14-16)11-4-7-21(17,18)8-11/h10-11H,2-9H2,1H3/p+1/t11-/m1/s1. The Morgan fingerprint density at radius 1 is 1.38 bits per heavy atom. The number of quaternary nitrogens is 1. The molecule has 118 valence electrons. The number of sulfone groups is 1.